The van der Waals surface area contributed by atoms with Gasteiger partial charge < -0.3 is 10.1 Å². The molecule has 0 fully saturated rings. The van der Waals surface area contributed by atoms with Crippen LogP contribution in [0.15, 0.2) is 66.9 Å². The van der Waals surface area contributed by atoms with Gasteiger partial charge in [0.2, 0.25) is 0 Å². The molecule has 0 saturated heterocycles. The number of aromatic nitrogens is 1. The van der Waals surface area contributed by atoms with E-state index in [1.807, 2.05) is 12.1 Å². The first-order chi connectivity index (χ1) is 12.6. The fraction of sp³-hybridized carbons (Fsp3) is 0.0526. The third-order valence-electron chi connectivity index (χ3n) is 3.37. The van der Waals surface area contributed by atoms with Gasteiger partial charge in [0, 0.05) is 16.9 Å². The van der Waals surface area contributed by atoms with Crippen LogP contribution >= 0.6 is 11.6 Å². The monoisotopic (exact) mass is 371 g/mol. The van der Waals surface area contributed by atoms with Gasteiger partial charge in [-0.1, -0.05) is 29.8 Å². The molecule has 3 aromatic rings. The predicted molar refractivity (Wildman–Crippen MR) is 99.1 cm³/mol. The number of amides is 2. The minimum Gasteiger partial charge on any atom is -0.485 e. The van der Waals surface area contributed by atoms with Crippen LogP contribution in [0.5, 0.6) is 5.75 Å². The standard InChI is InChI=1S/C19H15ClFN3O2/c20-14-5-1-4-13(10-14)12-26-17-8-3-9-22-18(17)24-19(25)23-16-7-2-6-15(21)11-16/h1-11H,12H2,(H2,22,23,24,25). The second-order valence-electron chi connectivity index (χ2n) is 5.36. The van der Waals surface area contributed by atoms with E-state index in [9.17, 15) is 9.18 Å². The van der Waals surface area contributed by atoms with Gasteiger partial charge in [0.15, 0.2) is 11.6 Å². The summed E-state index contributed by atoms with van der Waals surface area (Å²) in [7, 11) is 0. The first-order valence-corrected chi connectivity index (χ1v) is 8.14. The molecule has 0 unspecified atom stereocenters. The zero-order chi connectivity index (χ0) is 18.4. The lowest BCUT2D eigenvalue weighted by molar-refractivity contribution is 0.261. The molecule has 3 rings (SSSR count). The van der Waals surface area contributed by atoms with Gasteiger partial charge >= 0.3 is 6.03 Å². The molecule has 0 atom stereocenters. The topological polar surface area (TPSA) is 63.2 Å². The number of hydrogen-bond donors (Lipinski definition) is 2. The second-order valence-corrected chi connectivity index (χ2v) is 5.79. The number of halogens is 2. The molecule has 5 nitrogen and oxygen atoms in total. The lowest BCUT2D eigenvalue weighted by atomic mass is 10.2. The molecule has 26 heavy (non-hydrogen) atoms. The third-order valence-corrected chi connectivity index (χ3v) is 3.60. The molecule has 0 bridgehead atoms. The van der Waals surface area contributed by atoms with Crippen molar-refractivity contribution in [2.45, 2.75) is 6.61 Å². The average Bonchev–Trinajstić information content (AvgIpc) is 2.61. The maximum Gasteiger partial charge on any atom is 0.324 e. The van der Waals surface area contributed by atoms with E-state index in [4.69, 9.17) is 16.3 Å². The smallest absolute Gasteiger partial charge is 0.324 e. The SMILES string of the molecule is O=C(Nc1cccc(F)c1)Nc1ncccc1OCc1cccc(Cl)c1. The van der Waals surface area contributed by atoms with Crippen molar-refractivity contribution in [1.82, 2.24) is 4.98 Å². The maximum atomic E-state index is 13.2. The summed E-state index contributed by atoms with van der Waals surface area (Å²) in [6.45, 7) is 0.270. The number of carbonyl (C=O) groups excluding carboxylic acids is 1. The number of rotatable bonds is 5. The van der Waals surface area contributed by atoms with Crippen LogP contribution < -0.4 is 15.4 Å². The molecule has 2 N–H and O–H groups in total. The molecule has 0 spiro atoms. The van der Waals surface area contributed by atoms with E-state index in [1.165, 1.54) is 24.4 Å². The van der Waals surface area contributed by atoms with Crippen molar-refractivity contribution in [3.05, 3.63) is 83.3 Å². The molecule has 1 heterocycles. The number of anilines is 2. The number of ether oxygens (including phenoxy) is 1. The molecule has 0 saturated carbocycles. The summed E-state index contributed by atoms with van der Waals surface area (Å²) in [5.74, 6) is 0.219. The molecule has 132 valence electrons. The third kappa shape index (κ3) is 4.94. The van der Waals surface area contributed by atoms with E-state index in [0.29, 0.717) is 16.5 Å². The molecule has 0 radical (unpaired) electrons. The fourth-order valence-corrected chi connectivity index (χ4v) is 2.44. The van der Waals surface area contributed by atoms with Crippen molar-refractivity contribution < 1.29 is 13.9 Å². The Bertz CT molecular complexity index is 921. The maximum absolute atomic E-state index is 13.2. The van der Waals surface area contributed by atoms with Gasteiger partial charge in [-0.25, -0.2) is 14.2 Å². The second kappa shape index (κ2) is 8.31. The number of carbonyl (C=O) groups is 1. The van der Waals surface area contributed by atoms with Crippen molar-refractivity contribution in [1.29, 1.82) is 0 Å². The summed E-state index contributed by atoms with van der Waals surface area (Å²) in [6.07, 6.45) is 1.53. The van der Waals surface area contributed by atoms with Crippen molar-refractivity contribution in [3.63, 3.8) is 0 Å². The van der Waals surface area contributed by atoms with E-state index in [0.717, 1.165) is 5.56 Å². The van der Waals surface area contributed by atoms with Crippen molar-refractivity contribution in [2.75, 3.05) is 10.6 Å². The number of nitrogens with zero attached hydrogens (tertiary/aromatic N) is 1. The van der Waals surface area contributed by atoms with E-state index in [1.54, 1.807) is 30.3 Å². The number of urea groups is 1. The van der Waals surface area contributed by atoms with Crippen LogP contribution in [-0.2, 0) is 6.61 Å². The van der Waals surface area contributed by atoms with Crippen LogP contribution in [0, 0.1) is 5.82 Å². The minimum absolute atomic E-state index is 0.253. The Balaban J connectivity index is 1.65. The van der Waals surface area contributed by atoms with Crippen molar-refractivity contribution in [3.8, 4) is 5.75 Å². The summed E-state index contributed by atoms with van der Waals surface area (Å²) in [5.41, 5.74) is 1.22. The summed E-state index contributed by atoms with van der Waals surface area (Å²) >= 11 is 5.95. The summed E-state index contributed by atoms with van der Waals surface area (Å²) in [5, 5.41) is 5.74. The van der Waals surface area contributed by atoms with Gasteiger partial charge in [-0.05, 0) is 48.0 Å². The van der Waals surface area contributed by atoms with Crippen LogP contribution in [0.4, 0.5) is 20.7 Å². The summed E-state index contributed by atoms with van der Waals surface area (Å²) < 4.78 is 18.9. The molecule has 0 aliphatic carbocycles. The molecular formula is C19H15ClFN3O2. The zero-order valence-electron chi connectivity index (χ0n) is 13.6. The Kier molecular flexibility index (Phi) is 5.66. The highest BCUT2D eigenvalue weighted by molar-refractivity contribution is 6.30. The molecule has 0 aliphatic rings. The normalized spacial score (nSPS) is 10.2. The Morgan fingerprint density at radius 1 is 1.08 bits per heavy atom. The number of hydrogen-bond acceptors (Lipinski definition) is 3. The Morgan fingerprint density at radius 3 is 2.73 bits per heavy atom. The number of pyridine rings is 1. The Labute approximate surface area is 154 Å². The minimum atomic E-state index is -0.554. The van der Waals surface area contributed by atoms with E-state index < -0.39 is 11.8 Å². The first-order valence-electron chi connectivity index (χ1n) is 7.76. The van der Waals surface area contributed by atoms with Gasteiger partial charge in [-0.15, -0.1) is 0 Å². The Morgan fingerprint density at radius 2 is 1.92 bits per heavy atom. The van der Waals surface area contributed by atoms with E-state index in [2.05, 4.69) is 15.6 Å². The van der Waals surface area contributed by atoms with Gasteiger partial charge in [0.1, 0.15) is 12.4 Å². The fourth-order valence-electron chi connectivity index (χ4n) is 2.22. The van der Waals surface area contributed by atoms with Gasteiger partial charge in [-0.3, -0.25) is 5.32 Å². The van der Waals surface area contributed by atoms with Gasteiger partial charge in [0.25, 0.3) is 0 Å². The first kappa shape index (κ1) is 17.7. The molecule has 7 heteroatoms. The number of nitrogens with one attached hydrogen (secondary N) is 2. The van der Waals surface area contributed by atoms with Crippen molar-refractivity contribution >= 4 is 29.1 Å². The zero-order valence-corrected chi connectivity index (χ0v) is 14.3. The highest BCUT2D eigenvalue weighted by atomic mass is 35.5. The molecule has 2 amide bonds. The van der Waals surface area contributed by atoms with Crippen LogP contribution in [-0.4, -0.2) is 11.0 Å². The summed E-state index contributed by atoms with van der Waals surface area (Å²) in [6, 6.07) is 15.7. The molecule has 0 aliphatic heterocycles. The molecule has 2 aromatic carbocycles. The van der Waals surface area contributed by atoms with Crippen LogP contribution in [0.3, 0.4) is 0 Å². The molecule has 1 aromatic heterocycles. The van der Waals surface area contributed by atoms with Crippen LogP contribution in [0.1, 0.15) is 5.56 Å². The average molecular weight is 372 g/mol. The molecular weight excluding hydrogens is 357 g/mol. The number of benzene rings is 2. The Hall–Kier alpha value is -3.12. The van der Waals surface area contributed by atoms with E-state index >= 15 is 0 Å². The quantitative estimate of drug-likeness (QED) is 0.656. The van der Waals surface area contributed by atoms with Crippen molar-refractivity contribution in [2.24, 2.45) is 0 Å². The predicted octanol–water partition coefficient (Wildman–Crippen LogP) is 5.10. The van der Waals surface area contributed by atoms with Gasteiger partial charge in [0.05, 0.1) is 0 Å². The highest BCUT2D eigenvalue weighted by Crippen LogP contribution is 2.23. The van der Waals surface area contributed by atoms with Crippen LogP contribution in [0.2, 0.25) is 5.02 Å². The lowest BCUT2D eigenvalue weighted by Gasteiger charge is -2.12. The van der Waals surface area contributed by atoms with E-state index in [-0.39, 0.29) is 12.4 Å². The van der Waals surface area contributed by atoms with Gasteiger partial charge in [-0.2, -0.15) is 0 Å². The highest BCUT2D eigenvalue weighted by Gasteiger charge is 2.10. The lowest BCUT2D eigenvalue weighted by Crippen LogP contribution is -2.20. The largest absolute Gasteiger partial charge is 0.485 e. The summed E-state index contributed by atoms with van der Waals surface area (Å²) in [4.78, 5) is 16.2. The van der Waals surface area contributed by atoms with Crippen LogP contribution in [0.25, 0.3) is 0 Å².